The SMILES string of the molecule is CNC(=O)c1cc(C#N)cc(C)c1NC(=O)c1cc(Cn2nnc(C(C)(C)C)n2)nn1-c1ncccc1Cl. The highest BCUT2D eigenvalue weighted by Crippen LogP contribution is 2.26. The van der Waals surface area contributed by atoms with Crippen LogP contribution in [0.4, 0.5) is 5.69 Å². The van der Waals surface area contributed by atoms with Gasteiger partial charge in [0.2, 0.25) is 0 Å². The molecule has 0 radical (unpaired) electrons. The van der Waals surface area contributed by atoms with Gasteiger partial charge in [-0.2, -0.15) is 15.2 Å². The maximum Gasteiger partial charge on any atom is 0.274 e. The Balaban J connectivity index is 1.76. The van der Waals surface area contributed by atoms with E-state index in [9.17, 15) is 14.9 Å². The van der Waals surface area contributed by atoms with Crippen molar-refractivity contribution in [2.45, 2.75) is 39.7 Å². The number of nitrogens with zero attached hydrogens (tertiary/aromatic N) is 8. The molecule has 4 rings (SSSR count). The maximum absolute atomic E-state index is 13.6. The lowest BCUT2D eigenvalue weighted by Gasteiger charge is -2.14. The highest BCUT2D eigenvalue weighted by atomic mass is 35.5. The molecule has 13 heteroatoms. The Morgan fingerprint density at radius 1 is 1.16 bits per heavy atom. The molecular weight excluding hydrogens is 508 g/mol. The molecule has 12 nitrogen and oxygen atoms in total. The van der Waals surface area contributed by atoms with Gasteiger partial charge in [0.05, 0.1) is 33.6 Å². The number of benzene rings is 1. The van der Waals surface area contributed by atoms with Gasteiger partial charge in [-0.05, 0) is 48.0 Å². The molecule has 38 heavy (non-hydrogen) atoms. The molecule has 0 unspecified atom stereocenters. The van der Waals surface area contributed by atoms with Crippen molar-refractivity contribution in [3.8, 4) is 11.9 Å². The van der Waals surface area contributed by atoms with Crippen molar-refractivity contribution in [3.05, 3.63) is 75.5 Å². The summed E-state index contributed by atoms with van der Waals surface area (Å²) in [5, 5.41) is 32.1. The number of nitrogens with one attached hydrogen (secondary N) is 2. The van der Waals surface area contributed by atoms with Crippen LogP contribution in [0, 0.1) is 18.3 Å². The Morgan fingerprint density at radius 3 is 2.55 bits per heavy atom. The van der Waals surface area contributed by atoms with Crippen LogP contribution < -0.4 is 10.6 Å². The summed E-state index contributed by atoms with van der Waals surface area (Å²) in [6, 6.07) is 9.90. The quantitative estimate of drug-likeness (QED) is 0.383. The van der Waals surface area contributed by atoms with E-state index in [1.165, 1.54) is 28.8 Å². The molecule has 4 aromatic rings. The van der Waals surface area contributed by atoms with Gasteiger partial charge in [0.15, 0.2) is 11.6 Å². The van der Waals surface area contributed by atoms with E-state index < -0.39 is 11.8 Å². The molecule has 0 saturated heterocycles. The van der Waals surface area contributed by atoms with Crippen LogP contribution in [0.1, 0.15) is 64.3 Å². The standard InChI is InChI=1S/C25H25ClN10O2/c1-14-9-15(12-27)10-17(22(37)28-5)20(14)30-23(38)19-11-16(13-35-33-24(31-34-35)25(2,3)4)32-36(19)21-18(26)7-6-8-29-21/h6-11H,13H2,1-5H3,(H,28,37)(H,30,38). The van der Waals surface area contributed by atoms with Crippen LogP contribution in [0.2, 0.25) is 5.02 Å². The fraction of sp³-hybridized carbons (Fsp3) is 0.280. The van der Waals surface area contributed by atoms with Crippen LogP contribution in [-0.2, 0) is 12.0 Å². The molecule has 0 fully saturated rings. The fourth-order valence-corrected chi connectivity index (χ4v) is 3.83. The van der Waals surface area contributed by atoms with Crippen molar-refractivity contribution in [2.24, 2.45) is 0 Å². The molecule has 0 bridgehead atoms. The molecule has 2 N–H and O–H groups in total. The summed E-state index contributed by atoms with van der Waals surface area (Å²) < 4.78 is 1.33. The number of hydrogen-bond donors (Lipinski definition) is 2. The molecular formula is C25H25ClN10O2. The largest absolute Gasteiger partial charge is 0.355 e. The zero-order valence-electron chi connectivity index (χ0n) is 21.4. The van der Waals surface area contributed by atoms with Crippen molar-refractivity contribution in [2.75, 3.05) is 12.4 Å². The van der Waals surface area contributed by atoms with Crippen molar-refractivity contribution >= 4 is 29.1 Å². The average Bonchev–Trinajstić information content (AvgIpc) is 3.52. The van der Waals surface area contributed by atoms with Gasteiger partial charge in [-0.25, -0.2) is 9.67 Å². The summed E-state index contributed by atoms with van der Waals surface area (Å²) in [7, 11) is 1.47. The Labute approximate surface area is 223 Å². The number of halogens is 1. The summed E-state index contributed by atoms with van der Waals surface area (Å²) >= 11 is 6.38. The van der Waals surface area contributed by atoms with Gasteiger partial charge in [0.25, 0.3) is 11.8 Å². The summed E-state index contributed by atoms with van der Waals surface area (Å²) in [5.74, 6) is -0.198. The first-order valence-corrected chi connectivity index (χ1v) is 12.0. The Hall–Kier alpha value is -4.63. The van der Waals surface area contributed by atoms with Crippen molar-refractivity contribution in [3.63, 3.8) is 0 Å². The number of pyridine rings is 1. The first-order valence-electron chi connectivity index (χ1n) is 11.6. The van der Waals surface area contributed by atoms with E-state index in [1.807, 2.05) is 26.8 Å². The van der Waals surface area contributed by atoms with E-state index in [4.69, 9.17) is 11.6 Å². The molecule has 0 aliphatic heterocycles. The monoisotopic (exact) mass is 532 g/mol. The fourth-order valence-electron chi connectivity index (χ4n) is 3.63. The van der Waals surface area contributed by atoms with Crippen molar-refractivity contribution < 1.29 is 9.59 Å². The van der Waals surface area contributed by atoms with Crippen LogP contribution in [0.25, 0.3) is 5.82 Å². The second kappa shape index (κ2) is 10.4. The van der Waals surface area contributed by atoms with Gasteiger partial charge < -0.3 is 10.6 Å². The molecule has 3 aromatic heterocycles. The van der Waals surface area contributed by atoms with Crippen LogP contribution in [0.3, 0.4) is 0 Å². The number of amides is 2. The zero-order valence-corrected chi connectivity index (χ0v) is 22.2. The second-order valence-corrected chi connectivity index (χ2v) is 9.90. The predicted molar refractivity (Wildman–Crippen MR) is 139 cm³/mol. The van der Waals surface area contributed by atoms with Gasteiger partial charge in [-0.15, -0.1) is 10.2 Å². The van der Waals surface area contributed by atoms with Crippen molar-refractivity contribution in [1.29, 1.82) is 5.26 Å². The van der Waals surface area contributed by atoms with E-state index in [1.54, 1.807) is 31.2 Å². The summed E-state index contributed by atoms with van der Waals surface area (Å²) in [5.41, 5.74) is 1.54. The topological polar surface area (TPSA) is 156 Å². The van der Waals surface area contributed by atoms with Crippen LogP contribution >= 0.6 is 11.6 Å². The van der Waals surface area contributed by atoms with Gasteiger partial charge in [0.1, 0.15) is 12.2 Å². The number of rotatable bonds is 6. The highest BCUT2D eigenvalue weighted by molar-refractivity contribution is 6.32. The number of nitriles is 1. The van der Waals surface area contributed by atoms with Crippen LogP contribution in [0.5, 0.6) is 0 Å². The molecule has 0 spiro atoms. The number of hydrogen-bond acceptors (Lipinski definition) is 8. The minimum atomic E-state index is -0.564. The Morgan fingerprint density at radius 2 is 1.92 bits per heavy atom. The van der Waals surface area contributed by atoms with E-state index in [-0.39, 0.29) is 39.7 Å². The normalized spacial score (nSPS) is 11.2. The second-order valence-electron chi connectivity index (χ2n) is 9.50. The summed E-state index contributed by atoms with van der Waals surface area (Å²) in [6.07, 6.45) is 1.54. The number of anilines is 1. The highest BCUT2D eigenvalue weighted by Gasteiger charge is 2.24. The van der Waals surface area contributed by atoms with Crippen molar-refractivity contribution in [1.82, 2.24) is 40.3 Å². The number of aryl methyl sites for hydroxylation is 1. The lowest BCUT2D eigenvalue weighted by Crippen LogP contribution is -2.24. The predicted octanol–water partition coefficient (Wildman–Crippen LogP) is 3.05. The molecule has 3 heterocycles. The molecule has 1 aromatic carbocycles. The van der Waals surface area contributed by atoms with Gasteiger partial charge in [0, 0.05) is 18.7 Å². The van der Waals surface area contributed by atoms with E-state index in [0.717, 1.165) is 0 Å². The van der Waals surface area contributed by atoms with Crippen LogP contribution in [-0.4, -0.2) is 53.8 Å². The zero-order chi connectivity index (χ0) is 27.6. The maximum atomic E-state index is 13.6. The molecule has 194 valence electrons. The molecule has 2 amide bonds. The van der Waals surface area contributed by atoms with Gasteiger partial charge >= 0.3 is 0 Å². The third-order valence-electron chi connectivity index (χ3n) is 5.53. The molecule has 0 aliphatic rings. The summed E-state index contributed by atoms with van der Waals surface area (Å²) in [4.78, 5) is 31.8. The van der Waals surface area contributed by atoms with Gasteiger partial charge in [-0.3, -0.25) is 9.59 Å². The Kier molecular flexibility index (Phi) is 7.23. The molecule has 0 atom stereocenters. The molecule has 0 aliphatic carbocycles. The van der Waals surface area contributed by atoms with E-state index in [0.29, 0.717) is 22.6 Å². The van der Waals surface area contributed by atoms with Crippen LogP contribution in [0.15, 0.2) is 36.5 Å². The third-order valence-corrected chi connectivity index (χ3v) is 5.83. The number of aromatic nitrogens is 7. The molecule has 0 saturated carbocycles. The number of carbonyl (C=O) groups is 2. The third kappa shape index (κ3) is 5.37. The van der Waals surface area contributed by atoms with E-state index in [2.05, 4.69) is 36.1 Å². The average molecular weight is 533 g/mol. The van der Waals surface area contributed by atoms with Gasteiger partial charge in [-0.1, -0.05) is 32.4 Å². The lowest BCUT2D eigenvalue weighted by atomic mass is 9.96. The first kappa shape index (κ1) is 26.4. The smallest absolute Gasteiger partial charge is 0.274 e. The summed E-state index contributed by atoms with van der Waals surface area (Å²) in [6.45, 7) is 7.77. The van der Waals surface area contributed by atoms with E-state index >= 15 is 0 Å². The minimum absolute atomic E-state index is 0.114. The number of tetrazole rings is 1. The number of carbonyl (C=O) groups excluding carboxylic acids is 2. The lowest BCUT2D eigenvalue weighted by molar-refractivity contribution is 0.0964. The minimum Gasteiger partial charge on any atom is -0.355 e. The Bertz CT molecular complexity index is 1580. The first-order chi connectivity index (χ1) is 18.0.